The lowest BCUT2D eigenvalue weighted by Gasteiger charge is -2.19. The minimum absolute atomic E-state index is 0.0197. The standard InChI is InChI=1S/C22H22O4/c1-2-22(21(24)25)18-13-15(20(23)19(18)22)11-14-7-6-10-17(12-14)26-16-8-4-3-5-9-16/h3-10,12,15,18-19H,2,11,13H2,1H3,(H,24,25). The van der Waals surface area contributed by atoms with Gasteiger partial charge in [0.1, 0.15) is 17.3 Å². The highest BCUT2D eigenvalue weighted by atomic mass is 16.5. The highest BCUT2D eigenvalue weighted by Gasteiger charge is 2.75. The van der Waals surface area contributed by atoms with E-state index in [0.29, 0.717) is 19.3 Å². The van der Waals surface area contributed by atoms with Gasteiger partial charge in [-0.1, -0.05) is 37.3 Å². The zero-order valence-electron chi connectivity index (χ0n) is 14.7. The molecule has 4 unspecified atom stereocenters. The van der Waals surface area contributed by atoms with Gasteiger partial charge >= 0.3 is 5.97 Å². The number of ether oxygens (including phenoxy) is 1. The van der Waals surface area contributed by atoms with E-state index in [9.17, 15) is 14.7 Å². The molecule has 2 saturated carbocycles. The molecule has 4 heteroatoms. The Hall–Kier alpha value is -2.62. The summed E-state index contributed by atoms with van der Waals surface area (Å²) in [6.07, 6.45) is 1.88. The number of carbonyl (C=O) groups excluding carboxylic acids is 1. The number of para-hydroxylation sites is 1. The molecule has 2 aliphatic carbocycles. The van der Waals surface area contributed by atoms with E-state index >= 15 is 0 Å². The van der Waals surface area contributed by atoms with Crippen molar-refractivity contribution >= 4 is 11.8 Å². The molecule has 4 rings (SSSR count). The molecule has 0 aromatic heterocycles. The number of hydrogen-bond donors (Lipinski definition) is 1. The molecular weight excluding hydrogens is 328 g/mol. The van der Waals surface area contributed by atoms with Crippen molar-refractivity contribution in [1.82, 2.24) is 0 Å². The van der Waals surface area contributed by atoms with Crippen molar-refractivity contribution in [2.45, 2.75) is 26.2 Å². The molecule has 0 heterocycles. The highest BCUT2D eigenvalue weighted by Crippen LogP contribution is 2.69. The molecule has 4 atom stereocenters. The Morgan fingerprint density at radius 1 is 1.15 bits per heavy atom. The summed E-state index contributed by atoms with van der Waals surface area (Å²) in [6, 6.07) is 17.4. The van der Waals surface area contributed by atoms with E-state index in [1.165, 1.54) is 0 Å². The van der Waals surface area contributed by atoms with E-state index in [1.807, 2.05) is 61.5 Å². The van der Waals surface area contributed by atoms with Gasteiger partial charge in [-0.25, -0.2) is 0 Å². The maximum Gasteiger partial charge on any atom is 0.310 e. The SMILES string of the molecule is CCC1(C(=O)O)C2CC(Cc3cccc(Oc4ccccc4)c3)C(=O)C21. The number of ketones is 1. The van der Waals surface area contributed by atoms with Crippen molar-refractivity contribution in [3.8, 4) is 11.5 Å². The molecule has 2 fully saturated rings. The van der Waals surface area contributed by atoms with Crippen LogP contribution in [0.4, 0.5) is 0 Å². The molecule has 0 saturated heterocycles. The van der Waals surface area contributed by atoms with Gasteiger partial charge in [0.05, 0.1) is 5.41 Å². The second-order valence-corrected chi connectivity index (χ2v) is 7.38. The lowest BCUT2D eigenvalue weighted by Crippen LogP contribution is -2.27. The van der Waals surface area contributed by atoms with Crippen LogP contribution in [-0.4, -0.2) is 16.9 Å². The number of fused-ring (bicyclic) bond motifs is 1. The van der Waals surface area contributed by atoms with E-state index < -0.39 is 11.4 Å². The van der Waals surface area contributed by atoms with Crippen LogP contribution in [-0.2, 0) is 16.0 Å². The van der Waals surface area contributed by atoms with E-state index in [1.54, 1.807) is 0 Å². The summed E-state index contributed by atoms with van der Waals surface area (Å²) in [5, 5.41) is 9.51. The number of benzene rings is 2. The van der Waals surface area contributed by atoms with Crippen LogP contribution >= 0.6 is 0 Å². The Balaban J connectivity index is 1.44. The summed E-state index contributed by atoms with van der Waals surface area (Å²) in [5.74, 6) is 0.518. The van der Waals surface area contributed by atoms with Crippen LogP contribution in [0.25, 0.3) is 0 Å². The first kappa shape index (κ1) is 16.8. The van der Waals surface area contributed by atoms with Gasteiger partial charge in [0.2, 0.25) is 0 Å². The Labute approximate surface area is 152 Å². The Bertz CT molecular complexity index is 844. The topological polar surface area (TPSA) is 63.6 Å². The molecule has 0 radical (unpaired) electrons. The van der Waals surface area contributed by atoms with Crippen LogP contribution in [0.5, 0.6) is 11.5 Å². The van der Waals surface area contributed by atoms with Crippen molar-refractivity contribution in [3.63, 3.8) is 0 Å². The molecule has 0 spiro atoms. The first-order valence-corrected chi connectivity index (χ1v) is 9.15. The van der Waals surface area contributed by atoms with Crippen LogP contribution < -0.4 is 4.74 Å². The van der Waals surface area contributed by atoms with Crippen LogP contribution in [0.1, 0.15) is 25.3 Å². The van der Waals surface area contributed by atoms with Gasteiger partial charge in [-0.15, -0.1) is 0 Å². The predicted molar refractivity (Wildman–Crippen MR) is 97.1 cm³/mol. The molecule has 0 amide bonds. The van der Waals surface area contributed by atoms with Crippen molar-refractivity contribution in [2.24, 2.45) is 23.2 Å². The monoisotopic (exact) mass is 350 g/mol. The number of carboxylic acids is 1. The third kappa shape index (κ3) is 2.61. The van der Waals surface area contributed by atoms with Crippen LogP contribution in [0.2, 0.25) is 0 Å². The van der Waals surface area contributed by atoms with E-state index in [2.05, 4.69) is 0 Å². The van der Waals surface area contributed by atoms with Gasteiger partial charge in [0.25, 0.3) is 0 Å². The first-order chi connectivity index (χ1) is 12.6. The van der Waals surface area contributed by atoms with Gasteiger partial charge in [0.15, 0.2) is 0 Å². The number of carboxylic acid groups (broad SMARTS) is 1. The van der Waals surface area contributed by atoms with E-state index in [4.69, 9.17) is 4.74 Å². The molecule has 2 aromatic rings. The van der Waals surface area contributed by atoms with Crippen LogP contribution in [0.15, 0.2) is 54.6 Å². The summed E-state index contributed by atoms with van der Waals surface area (Å²) in [5.41, 5.74) is 0.266. The fourth-order valence-electron chi connectivity index (χ4n) is 4.75. The first-order valence-electron chi connectivity index (χ1n) is 9.15. The molecule has 4 nitrogen and oxygen atoms in total. The average Bonchev–Trinajstić information content (AvgIpc) is 3.19. The normalized spacial score (nSPS) is 29.3. The minimum atomic E-state index is -0.806. The lowest BCUT2D eigenvalue weighted by atomic mass is 9.84. The van der Waals surface area contributed by atoms with Crippen LogP contribution in [0, 0.1) is 23.2 Å². The molecule has 2 aromatic carbocycles. The average molecular weight is 350 g/mol. The van der Waals surface area contributed by atoms with Gasteiger partial charge < -0.3 is 9.84 Å². The molecular formula is C22H22O4. The molecule has 26 heavy (non-hydrogen) atoms. The predicted octanol–water partition coefficient (Wildman–Crippen LogP) is 4.34. The van der Waals surface area contributed by atoms with Gasteiger partial charge in [-0.05, 0) is 55.0 Å². The number of carbonyl (C=O) groups is 2. The summed E-state index contributed by atoms with van der Waals surface area (Å²) in [7, 11) is 0. The number of Topliss-reactive ketones (excluding diaryl/α,β-unsaturated/α-hetero) is 1. The molecule has 0 bridgehead atoms. The second kappa shape index (κ2) is 6.27. The van der Waals surface area contributed by atoms with Gasteiger partial charge in [0, 0.05) is 11.8 Å². The lowest BCUT2D eigenvalue weighted by molar-refractivity contribution is -0.147. The minimum Gasteiger partial charge on any atom is -0.481 e. The molecule has 1 N–H and O–H groups in total. The molecule has 0 aliphatic heterocycles. The second-order valence-electron chi connectivity index (χ2n) is 7.38. The summed E-state index contributed by atoms with van der Waals surface area (Å²) >= 11 is 0. The number of aliphatic carboxylic acids is 1. The maximum absolute atomic E-state index is 12.7. The van der Waals surface area contributed by atoms with Crippen molar-refractivity contribution in [1.29, 1.82) is 0 Å². The summed E-state index contributed by atoms with van der Waals surface area (Å²) < 4.78 is 5.86. The fraction of sp³-hybridized carbons (Fsp3) is 0.364. The van der Waals surface area contributed by atoms with Crippen molar-refractivity contribution in [3.05, 3.63) is 60.2 Å². The van der Waals surface area contributed by atoms with E-state index in [0.717, 1.165) is 17.1 Å². The number of rotatable bonds is 6. The molecule has 2 aliphatic rings. The third-order valence-corrected chi connectivity index (χ3v) is 6.10. The number of hydrogen-bond acceptors (Lipinski definition) is 3. The quantitative estimate of drug-likeness (QED) is 0.842. The third-order valence-electron chi connectivity index (χ3n) is 6.10. The van der Waals surface area contributed by atoms with Crippen molar-refractivity contribution in [2.75, 3.05) is 0 Å². The van der Waals surface area contributed by atoms with Gasteiger partial charge in [-0.2, -0.15) is 0 Å². The van der Waals surface area contributed by atoms with Crippen molar-refractivity contribution < 1.29 is 19.4 Å². The Kier molecular flexibility index (Phi) is 4.06. The Morgan fingerprint density at radius 2 is 1.88 bits per heavy atom. The summed E-state index contributed by atoms with van der Waals surface area (Å²) in [6.45, 7) is 1.87. The zero-order chi connectivity index (χ0) is 18.3. The Morgan fingerprint density at radius 3 is 2.50 bits per heavy atom. The molecule has 134 valence electrons. The zero-order valence-corrected chi connectivity index (χ0v) is 14.7. The maximum atomic E-state index is 12.7. The fourth-order valence-corrected chi connectivity index (χ4v) is 4.75. The smallest absolute Gasteiger partial charge is 0.310 e. The van der Waals surface area contributed by atoms with E-state index in [-0.39, 0.29) is 23.5 Å². The van der Waals surface area contributed by atoms with Crippen LogP contribution in [0.3, 0.4) is 0 Å². The highest BCUT2D eigenvalue weighted by molar-refractivity contribution is 5.98. The summed E-state index contributed by atoms with van der Waals surface area (Å²) in [4.78, 5) is 24.3. The largest absolute Gasteiger partial charge is 0.481 e. The van der Waals surface area contributed by atoms with Gasteiger partial charge in [-0.3, -0.25) is 9.59 Å².